The van der Waals surface area contributed by atoms with Crippen LogP contribution in [0.5, 0.6) is 0 Å². The Labute approximate surface area is 177 Å². The van der Waals surface area contributed by atoms with Crippen molar-refractivity contribution in [1.29, 1.82) is 0 Å². The quantitative estimate of drug-likeness (QED) is 0.543. The number of aryl methyl sites for hydroxylation is 2. The van der Waals surface area contributed by atoms with Gasteiger partial charge in [0, 0.05) is 23.7 Å². The van der Waals surface area contributed by atoms with Gasteiger partial charge >= 0.3 is 6.18 Å². The average Bonchev–Trinajstić information content (AvgIpc) is 2.67. The number of anilines is 1. The fourth-order valence-electron chi connectivity index (χ4n) is 2.80. The Morgan fingerprint density at radius 3 is 2.53 bits per heavy atom. The SMILES string of the molecule is Cc1ccnc(C)c1C(=O)c1ncc(Cl)cc1NS(=O)c1cccc(C(F)(F)F)c1. The minimum atomic E-state index is -4.58. The summed E-state index contributed by atoms with van der Waals surface area (Å²) in [6, 6.07) is 7.11. The number of ketones is 1. The number of nitrogens with zero attached hydrogens (tertiary/aromatic N) is 2. The third kappa shape index (κ3) is 4.68. The van der Waals surface area contributed by atoms with Crippen molar-refractivity contribution in [3.8, 4) is 0 Å². The van der Waals surface area contributed by atoms with Gasteiger partial charge in [-0.3, -0.25) is 14.5 Å². The molecule has 2 aromatic heterocycles. The Morgan fingerprint density at radius 2 is 1.87 bits per heavy atom. The summed E-state index contributed by atoms with van der Waals surface area (Å²) in [5.41, 5.74) is 0.526. The molecule has 3 aromatic rings. The van der Waals surface area contributed by atoms with Gasteiger partial charge in [-0.25, -0.2) is 9.19 Å². The average molecular weight is 454 g/mol. The lowest BCUT2D eigenvalue weighted by Gasteiger charge is -2.13. The number of halogens is 4. The number of hydrogen-bond donors (Lipinski definition) is 1. The minimum absolute atomic E-state index is 0.0332. The second kappa shape index (κ2) is 8.53. The lowest BCUT2D eigenvalue weighted by molar-refractivity contribution is -0.137. The first kappa shape index (κ1) is 21.9. The van der Waals surface area contributed by atoms with Crippen molar-refractivity contribution in [3.05, 3.63) is 81.9 Å². The number of carbonyl (C=O) groups is 1. The molecule has 10 heteroatoms. The van der Waals surface area contributed by atoms with E-state index in [1.54, 1.807) is 26.1 Å². The molecule has 0 bridgehead atoms. The molecule has 5 nitrogen and oxygen atoms in total. The molecule has 0 radical (unpaired) electrons. The topological polar surface area (TPSA) is 72.0 Å². The molecule has 3 rings (SSSR count). The van der Waals surface area contributed by atoms with Gasteiger partial charge in [0.2, 0.25) is 5.78 Å². The van der Waals surface area contributed by atoms with Crippen LogP contribution in [0.4, 0.5) is 18.9 Å². The van der Waals surface area contributed by atoms with Crippen LogP contribution < -0.4 is 4.72 Å². The zero-order valence-corrected chi connectivity index (χ0v) is 17.3. The third-order valence-corrected chi connectivity index (χ3v) is 5.52. The van der Waals surface area contributed by atoms with Gasteiger partial charge in [-0.2, -0.15) is 13.2 Å². The number of nitrogens with one attached hydrogen (secondary N) is 1. The van der Waals surface area contributed by atoms with E-state index in [0.29, 0.717) is 16.8 Å². The molecule has 0 spiro atoms. The summed E-state index contributed by atoms with van der Waals surface area (Å²) in [4.78, 5) is 21.1. The molecule has 0 saturated carbocycles. The van der Waals surface area contributed by atoms with Gasteiger partial charge < -0.3 is 0 Å². The molecule has 30 heavy (non-hydrogen) atoms. The predicted octanol–water partition coefficient (Wildman–Crippen LogP) is 5.13. The summed E-state index contributed by atoms with van der Waals surface area (Å²) in [7, 11) is -2.10. The largest absolute Gasteiger partial charge is 0.416 e. The summed E-state index contributed by atoms with van der Waals surface area (Å²) < 4.78 is 54.1. The first-order valence-corrected chi connectivity index (χ1v) is 10.1. The maximum Gasteiger partial charge on any atom is 0.416 e. The van der Waals surface area contributed by atoms with Gasteiger partial charge in [0.1, 0.15) is 16.7 Å². The smallest absolute Gasteiger partial charge is 0.299 e. The first-order valence-electron chi connectivity index (χ1n) is 8.56. The molecule has 0 aliphatic rings. The number of alkyl halides is 3. The number of rotatable bonds is 5. The molecule has 0 aliphatic heterocycles. The van der Waals surface area contributed by atoms with Crippen LogP contribution in [-0.2, 0) is 17.2 Å². The lowest BCUT2D eigenvalue weighted by atomic mass is 10.0. The van der Waals surface area contributed by atoms with Crippen molar-refractivity contribution in [3.63, 3.8) is 0 Å². The molecule has 0 fully saturated rings. The van der Waals surface area contributed by atoms with Crippen LogP contribution in [-0.4, -0.2) is 20.0 Å². The zero-order valence-electron chi connectivity index (χ0n) is 15.7. The molecule has 1 unspecified atom stereocenters. The van der Waals surface area contributed by atoms with E-state index < -0.39 is 28.5 Å². The highest BCUT2D eigenvalue weighted by atomic mass is 35.5. The van der Waals surface area contributed by atoms with Crippen molar-refractivity contribution >= 4 is 34.1 Å². The molecular formula is C20H15ClF3N3O2S. The number of aromatic nitrogens is 2. The van der Waals surface area contributed by atoms with Gasteiger partial charge in [-0.1, -0.05) is 17.7 Å². The number of hydrogen-bond acceptors (Lipinski definition) is 4. The highest BCUT2D eigenvalue weighted by Gasteiger charge is 2.31. The number of pyridine rings is 2. The summed E-state index contributed by atoms with van der Waals surface area (Å²) in [5.74, 6) is -0.474. The van der Waals surface area contributed by atoms with Crippen molar-refractivity contribution in [2.24, 2.45) is 0 Å². The van der Waals surface area contributed by atoms with Gasteiger partial charge in [0.05, 0.1) is 21.2 Å². The molecule has 1 aromatic carbocycles. The Balaban J connectivity index is 1.99. The summed E-state index contributed by atoms with van der Waals surface area (Å²) >= 11 is 5.97. The fraction of sp³-hybridized carbons (Fsp3) is 0.150. The minimum Gasteiger partial charge on any atom is -0.299 e. The molecule has 156 valence electrons. The molecular weight excluding hydrogens is 439 g/mol. The van der Waals surface area contributed by atoms with Crippen molar-refractivity contribution < 1.29 is 22.2 Å². The van der Waals surface area contributed by atoms with E-state index in [1.165, 1.54) is 18.3 Å². The lowest BCUT2D eigenvalue weighted by Crippen LogP contribution is -2.15. The normalized spacial score (nSPS) is 12.5. The predicted molar refractivity (Wildman–Crippen MR) is 108 cm³/mol. The molecule has 0 saturated heterocycles. The van der Waals surface area contributed by atoms with Crippen LogP contribution in [0.25, 0.3) is 0 Å². The summed E-state index contributed by atoms with van der Waals surface area (Å²) in [6.07, 6.45) is -1.75. The standard InChI is InChI=1S/C20H15ClF3N3O2S/c1-11-6-7-25-12(2)17(11)19(28)18-16(9-14(21)10-26-18)27-30(29)15-5-3-4-13(8-15)20(22,23)24/h3-10,27H,1-2H3. The van der Waals surface area contributed by atoms with Gasteiger partial charge in [-0.15, -0.1) is 0 Å². The van der Waals surface area contributed by atoms with Crippen molar-refractivity contribution in [2.45, 2.75) is 24.9 Å². The van der Waals surface area contributed by atoms with Gasteiger partial charge in [0.15, 0.2) is 0 Å². The van der Waals surface area contributed by atoms with Crippen LogP contribution in [0.1, 0.15) is 32.9 Å². The van der Waals surface area contributed by atoms with E-state index in [4.69, 9.17) is 11.6 Å². The third-order valence-electron chi connectivity index (χ3n) is 4.22. The molecule has 0 amide bonds. The first-order chi connectivity index (χ1) is 14.1. The van der Waals surface area contributed by atoms with E-state index in [9.17, 15) is 22.2 Å². The van der Waals surface area contributed by atoms with E-state index >= 15 is 0 Å². The highest BCUT2D eigenvalue weighted by Crippen LogP contribution is 2.31. The zero-order chi connectivity index (χ0) is 22.1. The van der Waals surface area contributed by atoms with Crippen LogP contribution in [0, 0.1) is 13.8 Å². The molecule has 1 N–H and O–H groups in total. The van der Waals surface area contributed by atoms with E-state index in [-0.39, 0.29) is 21.3 Å². The van der Waals surface area contributed by atoms with Gasteiger partial charge in [-0.05, 0) is 49.7 Å². The maximum atomic E-state index is 13.1. The number of carbonyl (C=O) groups excluding carboxylic acids is 1. The molecule has 0 aliphatic carbocycles. The van der Waals surface area contributed by atoms with E-state index in [0.717, 1.165) is 18.2 Å². The van der Waals surface area contributed by atoms with Crippen molar-refractivity contribution in [2.75, 3.05) is 4.72 Å². The van der Waals surface area contributed by atoms with Crippen LogP contribution in [0.3, 0.4) is 0 Å². The Hall–Kier alpha value is -2.78. The van der Waals surface area contributed by atoms with Crippen LogP contribution >= 0.6 is 11.6 Å². The Bertz CT molecular complexity index is 1130. The monoisotopic (exact) mass is 453 g/mol. The van der Waals surface area contributed by atoms with Gasteiger partial charge in [0.25, 0.3) is 0 Å². The van der Waals surface area contributed by atoms with Crippen LogP contribution in [0.15, 0.2) is 53.7 Å². The molecule has 1 atom stereocenters. The van der Waals surface area contributed by atoms with E-state index in [1.807, 2.05) is 0 Å². The van der Waals surface area contributed by atoms with Crippen LogP contribution in [0.2, 0.25) is 5.02 Å². The molecule has 2 heterocycles. The highest BCUT2D eigenvalue weighted by molar-refractivity contribution is 7.86. The Kier molecular flexibility index (Phi) is 6.23. The van der Waals surface area contributed by atoms with Crippen molar-refractivity contribution in [1.82, 2.24) is 9.97 Å². The summed E-state index contributed by atoms with van der Waals surface area (Å²) in [5, 5.41) is 0.162. The summed E-state index contributed by atoms with van der Waals surface area (Å²) in [6.45, 7) is 3.41. The second-order valence-electron chi connectivity index (χ2n) is 6.36. The maximum absolute atomic E-state index is 13.1. The fourth-order valence-corrected chi connectivity index (χ4v) is 3.87. The number of benzene rings is 1. The van der Waals surface area contributed by atoms with E-state index in [2.05, 4.69) is 14.7 Å². The second-order valence-corrected chi connectivity index (χ2v) is 8.01. The Morgan fingerprint density at radius 1 is 1.13 bits per heavy atom.